The van der Waals surface area contributed by atoms with E-state index in [4.69, 9.17) is 29.6 Å². The van der Waals surface area contributed by atoms with E-state index >= 15 is 0 Å². The van der Waals surface area contributed by atoms with Crippen LogP contribution >= 0.6 is 55.7 Å². The number of thiocarbonyl (C=S) groups is 1. The van der Waals surface area contributed by atoms with Crippen molar-refractivity contribution in [3.05, 3.63) is 55.9 Å². The highest BCUT2D eigenvalue weighted by atomic mass is 79.9. The van der Waals surface area contributed by atoms with Crippen molar-refractivity contribution >= 4 is 72.0 Å². The van der Waals surface area contributed by atoms with Crippen molar-refractivity contribution < 1.29 is 0 Å². The maximum atomic E-state index is 6.01. The minimum atomic E-state index is 0.326. The molecule has 0 fully saturated rings. The number of hydrogen-bond donors (Lipinski definition) is 2. The van der Waals surface area contributed by atoms with Crippen molar-refractivity contribution in [1.29, 1.82) is 0 Å². The predicted molar refractivity (Wildman–Crippen MR) is 92.5 cm³/mol. The summed E-state index contributed by atoms with van der Waals surface area (Å²) in [6.45, 7) is 0. The zero-order valence-corrected chi connectivity index (χ0v) is 14.3. The first-order chi connectivity index (χ1) is 8.97. The van der Waals surface area contributed by atoms with Gasteiger partial charge in [0.25, 0.3) is 0 Å². The summed E-state index contributed by atoms with van der Waals surface area (Å²) in [4.78, 5) is 0.326. The lowest BCUT2D eigenvalue weighted by molar-refractivity contribution is 1.49. The van der Waals surface area contributed by atoms with E-state index in [1.807, 2.05) is 18.2 Å². The number of benzene rings is 2. The van der Waals surface area contributed by atoms with Crippen LogP contribution < -0.4 is 11.1 Å². The number of anilines is 2. The Morgan fingerprint density at radius 2 is 1.84 bits per heavy atom. The maximum absolute atomic E-state index is 6.01. The fourth-order valence-corrected chi connectivity index (χ4v) is 3.07. The lowest BCUT2D eigenvalue weighted by Gasteiger charge is -2.13. The van der Waals surface area contributed by atoms with E-state index < -0.39 is 0 Å². The second kappa shape index (κ2) is 6.22. The number of rotatable bonds is 3. The third kappa shape index (κ3) is 3.69. The van der Waals surface area contributed by atoms with Crippen molar-refractivity contribution in [2.24, 2.45) is 5.73 Å². The minimum absolute atomic E-state index is 0.326. The van der Waals surface area contributed by atoms with Gasteiger partial charge in [0.2, 0.25) is 0 Å². The second-order valence-corrected chi connectivity index (χ2v) is 6.45. The zero-order chi connectivity index (χ0) is 14.0. The third-order valence-electron chi connectivity index (χ3n) is 2.45. The topological polar surface area (TPSA) is 38.0 Å². The van der Waals surface area contributed by atoms with Gasteiger partial charge in [0.15, 0.2) is 0 Å². The van der Waals surface area contributed by atoms with Crippen LogP contribution in [0.4, 0.5) is 11.4 Å². The third-order valence-corrected chi connectivity index (χ3v) is 4.05. The highest BCUT2D eigenvalue weighted by Gasteiger charge is 2.08. The van der Waals surface area contributed by atoms with Crippen molar-refractivity contribution in [2.75, 3.05) is 5.32 Å². The molecule has 98 valence electrons. The molecule has 0 radical (unpaired) electrons. The average molecular weight is 421 g/mol. The molecule has 2 nitrogen and oxygen atoms in total. The van der Waals surface area contributed by atoms with Gasteiger partial charge < -0.3 is 11.1 Å². The molecule has 0 heterocycles. The molecule has 0 aromatic heterocycles. The Hall–Kier alpha value is -0.620. The Labute approximate surface area is 138 Å². The first-order valence-electron chi connectivity index (χ1n) is 5.29. The maximum Gasteiger partial charge on any atom is 0.106 e. The molecule has 0 aliphatic rings. The highest BCUT2D eigenvalue weighted by Crippen LogP contribution is 2.31. The van der Waals surface area contributed by atoms with Crippen LogP contribution in [0.1, 0.15) is 5.56 Å². The molecule has 0 bridgehead atoms. The molecule has 2 aromatic rings. The van der Waals surface area contributed by atoms with Gasteiger partial charge in [0.05, 0.1) is 11.4 Å². The molecule has 0 atom stereocenters. The smallest absolute Gasteiger partial charge is 0.106 e. The van der Waals surface area contributed by atoms with Crippen LogP contribution in [0.5, 0.6) is 0 Å². The van der Waals surface area contributed by atoms with Gasteiger partial charge in [-0.25, -0.2) is 0 Å². The molecule has 19 heavy (non-hydrogen) atoms. The average Bonchev–Trinajstić information content (AvgIpc) is 2.32. The van der Waals surface area contributed by atoms with E-state index in [1.165, 1.54) is 0 Å². The van der Waals surface area contributed by atoms with Crippen molar-refractivity contribution in [1.82, 2.24) is 0 Å². The second-order valence-electron chi connectivity index (χ2n) is 3.80. The summed E-state index contributed by atoms with van der Waals surface area (Å²) in [5, 5.41) is 3.89. The molecular formula is C13H9Br2ClN2S. The zero-order valence-electron chi connectivity index (χ0n) is 9.58. The van der Waals surface area contributed by atoms with Gasteiger partial charge in [-0.15, -0.1) is 0 Å². The van der Waals surface area contributed by atoms with E-state index in [9.17, 15) is 0 Å². The van der Waals surface area contributed by atoms with Gasteiger partial charge in [-0.05, 0) is 52.3 Å². The molecule has 6 heteroatoms. The molecular weight excluding hydrogens is 411 g/mol. The summed E-state index contributed by atoms with van der Waals surface area (Å²) in [6.07, 6.45) is 0. The molecule has 2 aromatic carbocycles. The van der Waals surface area contributed by atoms with E-state index in [0.29, 0.717) is 10.0 Å². The van der Waals surface area contributed by atoms with Crippen molar-refractivity contribution in [2.45, 2.75) is 0 Å². The first kappa shape index (κ1) is 14.8. The SMILES string of the molecule is NC(=S)c1ccc(Cl)cc1Nc1ccc(Br)cc1Br. The summed E-state index contributed by atoms with van der Waals surface area (Å²) in [5.74, 6) is 0. The molecule has 0 saturated heterocycles. The monoisotopic (exact) mass is 418 g/mol. The first-order valence-corrected chi connectivity index (χ1v) is 7.66. The van der Waals surface area contributed by atoms with Crippen LogP contribution in [0.2, 0.25) is 5.02 Å². The summed E-state index contributed by atoms with van der Waals surface area (Å²) < 4.78 is 1.92. The highest BCUT2D eigenvalue weighted by molar-refractivity contribution is 9.11. The number of halogens is 3. The van der Waals surface area contributed by atoms with Crippen LogP contribution in [-0.2, 0) is 0 Å². The summed E-state index contributed by atoms with van der Waals surface area (Å²) in [6, 6.07) is 11.2. The number of nitrogens with one attached hydrogen (secondary N) is 1. The quantitative estimate of drug-likeness (QED) is 0.667. The van der Waals surface area contributed by atoms with Gasteiger partial charge in [0.1, 0.15) is 4.99 Å². The molecule has 0 amide bonds. The molecule has 0 unspecified atom stereocenters. The van der Waals surface area contributed by atoms with Crippen LogP contribution in [0, 0.1) is 0 Å². The molecule has 0 saturated carbocycles. The van der Waals surface area contributed by atoms with E-state index in [0.717, 1.165) is 25.9 Å². The summed E-state index contributed by atoms with van der Waals surface area (Å²) in [7, 11) is 0. The standard InChI is InChI=1S/C13H9Br2ClN2S/c14-7-1-4-11(10(15)5-7)18-12-6-8(16)2-3-9(12)13(17)19/h1-6,18H,(H2,17,19). The van der Waals surface area contributed by atoms with Crippen LogP contribution in [0.25, 0.3) is 0 Å². The normalized spacial score (nSPS) is 10.3. The van der Waals surface area contributed by atoms with Gasteiger partial charge in [0, 0.05) is 19.5 Å². The Morgan fingerprint density at radius 3 is 2.47 bits per heavy atom. The Kier molecular flexibility index (Phi) is 4.84. The van der Waals surface area contributed by atoms with Crippen molar-refractivity contribution in [3.63, 3.8) is 0 Å². The minimum Gasteiger partial charge on any atom is -0.389 e. The molecule has 0 spiro atoms. The lowest BCUT2D eigenvalue weighted by Crippen LogP contribution is -2.11. The fourth-order valence-electron chi connectivity index (χ4n) is 1.57. The Morgan fingerprint density at radius 1 is 1.11 bits per heavy atom. The van der Waals surface area contributed by atoms with E-state index in [1.54, 1.807) is 18.2 Å². The molecule has 2 rings (SSSR count). The summed E-state index contributed by atoms with van der Waals surface area (Å²) >= 11 is 18.0. The lowest BCUT2D eigenvalue weighted by atomic mass is 10.1. The van der Waals surface area contributed by atoms with Gasteiger partial charge in [-0.3, -0.25) is 0 Å². The summed E-state index contributed by atoms with van der Waals surface area (Å²) in [5.41, 5.74) is 8.15. The van der Waals surface area contributed by atoms with Crippen molar-refractivity contribution in [3.8, 4) is 0 Å². The van der Waals surface area contributed by atoms with Crippen LogP contribution in [0.3, 0.4) is 0 Å². The largest absolute Gasteiger partial charge is 0.389 e. The van der Waals surface area contributed by atoms with E-state index in [-0.39, 0.29) is 0 Å². The van der Waals surface area contributed by atoms with Gasteiger partial charge in [-0.2, -0.15) is 0 Å². The number of nitrogens with two attached hydrogens (primary N) is 1. The molecule has 0 aliphatic heterocycles. The Bertz CT molecular complexity index is 647. The van der Waals surface area contributed by atoms with Gasteiger partial charge >= 0.3 is 0 Å². The predicted octanol–water partition coefficient (Wildman–Crippen LogP) is 5.24. The van der Waals surface area contributed by atoms with E-state index in [2.05, 4.69) is 37.2 Å². The molecule has 3 N–H and O–H groups in total. The molecule has 0 aliphatic carbocycles. The van der Waals surface area contributed by atoms with Crippen LogP contribution in [0.15, 0.2) is 45.3 Å². The van der Waals surface area contributed by atoms with Gasteiger partial charge in [-0.1, -0.05) is 39.7 Å². The Balaban J connectivity index is 2.42. The number of hydrogen-bond acceptors (Lipinski definition) is 2. The fraction of sp³-hybridized carbons (Fsp3) is 0. The van der Waals surface area contributed by atoms with Crippen LogP contribution in [-0.4, -0.2) is 4.99 Å².